The normalized spacial score (nSPS) is 10.2. The van der Waals surface area contributed by atoms with Gasteiger partial charge in [0.25, 0.3) is 11.7 Å². The summed E-state index contributed by atoms with van der Waals surface area (Å²) >= 11 is 0. The number of aliphatic carboxylic acids is 1. The van der Waals surface area contributed by atoms with Crippen LogP contribution in [0, 0.1) is 0 Å². The number of Topliss-reactive ketones (excluding diaryl/α,β-unsaturated/α-hetero) is 1. The molecule has 0 saturated carbocycles. The number of fused-ring (bicyclic) bond motifs is 1. The van der Waals surface area contributed by atoms with E-state index in [1.54, 1.807) is 18.3 Å². The molecule has 7 nitrogen and oxygen atoms in total. The lowest BCUT2D eigenvalue weighted by molar-refractivity contribution is -0.137. The van der Waals surface area contributed by atoms with Crippen molar-refractivity contribution >= 4 is 28.6 Å². The summed E-state index contributed by atoms with van der Waals surface area (Å²) in [6.45, 7) is 4.77. The number of carbonyl (C=O) groups excluding carboxylic acids is 2. The maximum atomic E-state index is 12.3. The van der Waals surface area contributed by atoms with Gasteiger partial charge < -0.3 is 20.1 Å². The molecular formula is C23H26N2O5. The minimum Gasteiger partial charge on any atom is -0.494 e. The fraction of sp³-hybridized carbons (Fsp3) is 0.261. The molecule has 0 aliphatic rings. The number of hydrogen-bond acceptors (Lipinski definition) is 4. The number of nitrogens with two attached hydrogens (primary N) is 1. The minimum absolute atomic E-state index is 0.0150. The molecule has 3 N–H and O–H groups in total. The monoisotopic (exact) mass is 410 g/mol. The maximum absolute atomic E-state index is 12.3. The smallest absolute Gasteiger partial charge is 0.303 e. The van der Waals surface area contributed by atoms with Gasteiger partial charge in [0, 0.05) is 30.1 Å². The van der Waals surface area contributed by atoms with Crippen molar-refractivity contribution in [1.82, 2.24) is 4.57 Å². The standard InChI is InChI=1S/C21H20N2O5.C2H6/c22-21(27)20(26)17-13-23(12-14-5-2-1-3-6-14)18-9-8-15(11-16(17)18)28-10-4-7-19(24)25;1-2/h1-3,5-6,8-9,11,13H,4,7,10,12H2,(H2,22,27)(H,24,25);1-2H3. The molecule has 0 bridgehead atoms. The molecule has 0 radical (unpaired) electrons. The van der Waals surface area contributed by atoms with Gasteiger partial charge in [-0.05, 0) is 30.2 Å². The number of carbonyl (C=O) groups is 3. The largest absolute Gasteiger partial charge is 0.494 e. The highest BCUT2D eigenvalue weighted by atomic mass is 16.5. The van der Waals surface area contributed by atoms with Gasteiger partial charge in [-0.25, -0.2) is 0 Å². The molecule has 1 amide bonds. The molecule has 0 unspecified atom stereocenters. The molecule has 7 heteroatoms. The Hall–Kier alpha value is -3.61. The van der Waals surface area contributed by atoms with E-state index in [4.69, 9.17) is 15.6 Å². The van der Waals surface area contributed by atoms with E-state index in [0.29, 0.717) is 24.1 Å². The van der Waals surface area contributed by atoms with Crippen molar-refractivity contribution < 1.29 is 24.2 Å². The first kappa shape index (κ1) is 22.7. The third-order valence-electron chi connectivity index (χ3n) is 4.32. The van der Waals surface area contributed by atoms with E-state index in [9.17, 15) is 14.4 Å². The summed E-state index contributed by atoms with van der Waals surface area (Å²) in [5.74, 6) is -2.17. The Kier molecular flexibility index (Phi) is 8.17. The first-order chi connectivity index (χ1) is 14.5. The maximum Gasteiger partial charge on any atom is 0.303 e. The van der Waals surface area contributed by atoms with Crippen molar-refractivity contribution in [1.29, 1.82) is 0 Å². The van der Waals surface area contributed by atoms with E-state index in [1.165, 1.54) is 0 Å². The summed E-state index contributed by atoms with van der Waals surface area (Å²) in [6, 6.07) is 15.0. The number of ketones is 1. The summed E-state index contributed by atoms with van der Waals surface area (Å²) < 4.78 is 7.47. The molecule has 0 spiro atoms. The van der Waals surface area contributed by atoms with Crippen molar-refractivity contribution in [3.05, 3.63) is 65.9 Å². The SMILES string of the molecule is CC.NC(=O)C(=O)c1cn(Cc2ccccc2)c2ccc(OCCCC(=O)O)cc12. The molecule has 3 rings (SSSR count). The van der Waals surface area contributed by atoms with Gasteiger partial charge in [-0.15, -0.1) is 0 Å². The molecule has 30 heavy (non-hydrogen) atoms. The number of amides is 1. The number of carboxylic acid groups (broad SMARTS) is 1. The van der Waals surface area contributed by atoms with Gasteiger partial charge in [-0.1, -0.05) is 44.2 Å². The van der Waals surface area contributed by atoms with E-state index in [-0.39, 0.29) is 18.6 Å². The lowest BCUT2D eigenvalue weighted by Gasteiger charge is -2.08. The van der Waals surface area contributed by atoms with Crippen LogP contribution in [-0.4, -0.2) is 33.9 Å². The Bertz CT molecular complexity index is 1020. The number of primary amides is 1. The number of ether oxygens (including phenoxy) is 1. The first-order valence-electron chi connectivity index (χ1n) is 9.81. The van der Waals surface area contributed by atoms with Crippen molar-refractivity contribution in [3.63, 3.8) is 0 Å². The van der Waals surface area contributed by atoms with Crippen LogP contribution in [0.1, 0.15) is 42.6 Å². The predicted octanol–water partition coefficient (Wildman–Crippen LogP) is 3.63. The van der Waals surface area contributed by atoms with Gasteiger partial charge in [0.15, 0.2) is 0 Å². The van der Waals surface area contributed by atoms with Crippen LogP contribution in [0.15, 0.2) is 54.7 Å². The van der Waals surface area contributed by atoms with Crippen molar-refractivity contribution in [2.45, 2.75) is 33.2 Å². The molecule has 0 aliphatic carbocycles. The summed E-state index contributed by atoms with van der Waals surface area (Å²) in [6.07, 6.45) is 2.01. The molecule has 0 aliphatic heterocycles. The summed E-state index contributed by atoms with van der Waals surface area (Å²) in [4.78, 5) is 34.3. The van der Waals surface area contributed by atoms with Crippen LogP contribution in [0.25, 0.3) is 10.9 Å². The van der Waals surface area contributed by atoms with E-state index in [1.807, 2.05) is 54.8 Å². The minimum atomic E-state index is -1.02. The predicted molar refractivity (Wildman–Crippen MR) is 115 cm³/mol. The average Bonchev–Trinajstić information content (AvgIpc) is 3.10. The molecule has 158 valence electrons. The number of nitrogens with zero attached hydrogens (tertiary/aromatic N) is 1. The van der Waals surface area contributed by atoms with Gasteiger partial charge in [0.1, 0.15) is 5.75 Å². The second-order valence-electron chi connectivity index (χ2n) is 6.37. The zero-order chi connectivity index (χ0) is 22.1. The van der Waals surface area contributed by atoms with Gasteiger partial charge in [0.05, 0.1) is 12.2 Å². The van der Waals surface area contributed by atoms with Crippen LogP contribution >= 0.6 is 0 Å². The highest BCUT2D eigenvalue weighted by Gasteiger charge is 2.20. The number of rotatable bonds is 9. The zero-order valence-electron chi connectivity index (χ0n) is 17.1. The van der Waals surface area contributed by atoms with Gasteiger partial charge in [0.2, 0.25) is 0 Å². The lowest BCUT2D eigenvalue weighted by Crippen LogP contribution is -2.22. The second kappa shape index (κ2) is 10.8. The first-order valence-corrected chi connectivity index (χ1v) is 9.81. The third kappa shape index (κ3) is 5.70. The van der Waals surface area contributed by atoms with Crippen LogP contribution < -0.4 is 10.5 Å². The Balaban J connectivity index is 0.00000155. The van der Waals surface area contributed by atoms with Crippen molar-refractivity contribution in [2.24, 2.45) is 5.73 Å². The quantitative estimate of drug-likeness (QED) is 0.318. The van der Waals surface area contributed by atoms with Crippen LogP contribution in [0.2, 0.25) is 0 Å². The molecule has 0 fully saturated rings. The molecule has 0 saturated heterocycles. The molecule has 1 aromatic heterocycles. The Morgan fingerprint density at radius 2 is 1.77 bits per heavy atom. The summed E-state index contributed by atoms with van der Waals surface area (Å²) in [7, 11) is 0. The van der Waals surface area contributed by atoms with Crippen LogP contribution in [0.5, 0.6) is 5.75 Å². The summed E-state index contributed by atoms with van der Waals surface area (Å²) in [5.41, 5.74) is 7.24. The average molecular weight is 410 g/mol. The fourth-order valence-corrected chi connectivity index (χ4v) is 3.00. The molecule has 1 heterocycles. The number of aromatic nitrogens is 1. The van der Waals surface area contributed by atoms with E-state index in [0.717, 1.165) is 11.1 Å². The van der Waals surface area contributed by atoms with Gasteiger partial charge in [-0.2, -0.15) is 0 Å². The van der Waals surface area contributed by atoms with Crippen molar-refractivity contribution in [2.75, 3.05) is 6.61 Å². The van der Waals surface area contributed by atoms with Crippen LogP contribution in [0.4, 0.5) is 0 Å². The zero-order valence-corrected chi connectivity index (χ0v) is 17.1. The molecular weight excluding hydrogens is 384 g/mol. The van der Waals surface area contributed by atoms with Gasteiger partial charge in [-0.3, -0.25) is 14.4 Å². The highest BCUT2D eigenvalue weighted by Crippen LogP contribution is 2.27. The Morgan fingerprint density at radius 1 is 1.07 bits per heavy atom. The fourth-order valence-electron chi connectivity index (χ4n) is 3.00. The van der Waals surface area contributed by atoms with E-state index in [2.05, 4.69) is 0 Å². The van der Waals surface area contributed by atoms with Crippen molar-refractivity contribution in [3.8, 4) is 5.75 Å². The number of hydrogen-bond donors (Lipinski definition) is 2. The van der Waals surface area contributed by atoms with Gasteiger partial charge >= 0.3 is 5.97 Å². The lowest BCUT2D eigenvalue weighted by atomic mass is 10.1. The van der Waals surface area contributed by atoms with Crippen LogP contribution in [0.3, 0.4) is 0 Å². The Morgan fingerprint density at radius 3 is 2.40 bits per heavy atom. The second-order valence-corrected chi connectivity index (χ2v) is 6.37. The third-order valence-corrected chi connectivity index (χ3v) is 4.32. The Labute approximate surface area is 175 Å². The molecule has 2 aromatic carbocycles. The van der Waals surface area contributed by atoms with Crippen LogP contribution in [-0.2, 0) is 16.1 Å². The number of carboxylic acids is 1. The van der Waals surface area contributed by atoms with E-state index >= 15 is 0 Å². The number of benzene rings is 2. The molecule has 3 aromatic rings. The van der Waals surface area contributed by atoms with E-state index < -0.39 is 17.7 Å². The summed E-state index contributed by atoms with van der Waals surface area (Å²) in [5, 5.41) is 9.25. The highest BCUT2D eigenvalue weighted by molar-refractivity contribution is 6.44. The topological polar surface area (TPSA) is 112 Å². The molecule has 0 atom stereocenters.